The van der Waals surface area contributed by atoms with Gasteiger partial charge in [-0.2, -0.15) is 0 Å². The van der Waals surface area contributed by atoms with Crippen LogP contribution in [0.1, 0.15) is 50.5 Å². The quantitative estimate of drug-likeness (QED) is 0.574. The lowest BCUT2D eigenvalue weighted by molar-refractivity contribution is 0.121. The van der Waals surface area contributed by atoms with Crippen LogP contribution in [0.25, 0.3) is 0 Å². The molecule has 1 saturated heterocycles. The van der Waals surface area contributed by atoms with E-state index in [4.69, 9.17) is 0 Å². The Bertz CT molecular complexity index is 1010. The average Bonchev–Trinajstić information content (AvgIpc) is 2.84. The number of hydrogen-bond acceptors (Lipinski definition) is 5. The third-order valence-electron chi connectivity index (χ3n) is 6.47. The van der Waals surface area contributed by atoms with Crippen molar-refractivity contribution in [1.29, 1.82) is 0 Å². The number of anilines is 1. The lowest BCUT2D eigenvalue weighted by atomic mass is 9.89. The number of amides is 2. The predicted molar refractivity (Wildman–Crippen MR) is 128 cm³/mol. The number of hydrogen-bond donors (Lipinski definition) is 3. The van der Waals surface area contributed by atoms with E-state index in [0.717, 1.165) is 44.3 Å². The SMILES string of the molecule is O=C(NCc1cccnc1)Nc1ccc(S(=O)(=O)NC2CCCC(N3CCCCC3)C2)cc1. The van der Waals surface area contributed by atoms with E-state index >= 15 is 0 Å². The molecule has 2 heterocycles. The van der Waals surface area contributed by atoms with E-state index in [1.807, 2.05) is 12.1 Å². The third kappa shape index (κ3) is 6.75. The first kappa shape index (κ1) is 23.7. The normalized spacial score (nSPS) is 21.9. The number of nitrogens with one attached hydrogen (secondary N) is 3. The van der Waals surface area contributed by atoms with Crippen molar-refractivity contribution in [3.63, 3.8) is 0 Å². The van der Waals surface area contributed by atoms with Crippen LogP contribution in [-0.4, -0.2) is 49.5 Å². The molecular formula is C24H33N5O3S. The molecule has 178 valence electrons. The van der Waals surface area contributed by atoms with E-state index in [2.05, 4.69) is 25.2 Å². The van der Waals surface area contributed by atoms with E-state index in [-0.39, 0.29) is 17.0 Å². The number of pyridine rings is 1. The average molecular weight is 472 g/mol. The zero-order valence-corrected chi connectivity index (χ0v) is 19.7. The van der Waals surface area contributed by atoms with E-state index in [9.17, 15) is 13.2 Å². The van der Waals surface area contributed by atoms with Gasteiger partial charge >= 0.3 is 6.03 Å². The van der Waals surface area contributed by atoms with E-state index in [1.54, 1.807) is 24.5 Å². The summed E-state index contributed by atoms with van der Waals surface area (Å²) in [7, 11) is -3.61. The summed E-state index contributed by atoms with van der Waals surface area (Å²) < 4.78 is 28.8. The highest BCUT2D eigenvalue weighted by Gasteiger charge is 2.30. The van der Waals surface area contributed by atoms with Crippen LogP contribution >= 0.6 is 0 Å². The molecule has 0 spiro atoms. The van der Waals surface area contributed by atoms with Crippen LogP contribution in [0.2, 0.25) is 0 Å². The van der Waals surface area contributed by atoms with Crippen molar-refractivity contribution in [2.75, 3.05) is 18.4 Å². The first-order valence-electron chi connectivity index (χ1n) is 11.8. The molecule has 1 aromatic carbocycles. The monoisotopic (exact) mass is 471 g/mol. The fourth-order valence-corrected chi connectivity index (χ4v) is 6.03. The maximum atomic E-state index is 12.9. The van der Waals surface area contributed by atoms with Crippen LogP contribution in [0.15, 0.2) is 53.7 Å². The van der Waals surface area contributed by atoms with Crippen molar-refractivity contribution in [1.82, 2.24) is 19.9 Å². The van der Waals surface area contributed by atoms with E-state index < -0.39 is 10.0 Å². The number of likely N-dealkylation sites (tertiary alicyclic amines) is 1. The molecule has 1 aromatic heterocycles. The zero-order valence-electron chi connectivity index (χ0n) is 18.9. The summed E-state index contributed by atoms with van der Waals surface area (Å²) in [6, 6.07) is 10.0. The van der Waals surface area contributed by atoms with Gasteiger partial charge in [0.05, 0.1) is 4.90 Å². The number of aromatic nitrogens is 1. The molecule has 1 aliphatic carbocycles. The zero-order chi connectivity index (χ0) is 23.1. The Morgan fingerprint density at radius 2 is 1.82 bits per heavy atom. The van der Waals surface area contributed by atoms with E-state index in [0.29, 0.717) is 18.3 Å². The van der Waals surface area contributed by atoms with Crippen LogP contribution in [0, 0.1) is 0 Å². The van der Waals surface area contributed by atoms with Crippen molar-refractivity contribution < 1.29 is 13.2 Å². The number of urea groups is 1. The van der Waals surface area contributed by atoms with Crippen LogP contribution in [0.4, 0.5) is 10.5 Å². The Hall–Kier alpha value is -2.49. The minimum atomic E-state index is -3.61. The Balaban J connectivity index is 1.29. The minimum Gasteiger partial charge on any atom is -0.334 e. The predicted octanol–water partition coefficient (Wildman–Crippen LogP) is 3.48. The Morgan fingerprint density at radius 1 is 1.03 bits per heavy atom. The van der Waals surface area contributed by atoms with E-state index in [1.165, 1.54) is 31.4 Å². The molecule has 2 fully saturated rings. The number of piperidine rings is 1. The number of benzene rings is 1. The minimum absolute atomic E-state index is 0.0354. The highest BCUT2D eigenvalue weighted by atomic mass is 32.2. The molecule has 1 saturated carbocycles. The van der Waals surface area contributed by atoms with Gasteiger partial charge in [0.25, 0.3) is 0 Å². The maximum absolute atomic E-state index is 12.9. The molecular weight excluding hydrogens is 438 g/mol. The second-order valence-corrected chi connectivity index (χ2v) is 10.6. The fraction of sp³-hybridized carbons (Fsp3) is 0.500. The van der Waals surface area contributed by atoms with Gasteiger partial charge in [0, 0.05) is 36.7 Å². The van der Waals surface area contributed by atoms with Crippen molar-refractivity contribution >= 4 is 21.7 Å². The van der Waals surface area contributed by atoms with Gasteiger partial charge in [-0.05, 0) is 81.1 Å². The molecule has 2 amide bonds. The highest BCUT2D eigenvalue weighted by molar-refractivity contribution is 7.89. The Kier molecular flexibility index (Phi) is 7.95. The van der Waals surface area contributed by atoms with Gasteiger partial charge in [-0.15, -0.1) is 0 Å². The highest BCUT2D eigenvalue weighted by Crippen LogP contribution is 2.27. The second-order valence-electron chi connectivity index (χ2n) is 8.93. The molecule has 2 aliphatic rings. The summed E-state index contributed by atoms with van der Waals surface area (Å²) >= 11 is 0. The summed E-state index contributed by atoms with van der Waals surface area (Å²) in [6.07, 6.45) is 11.1. The Labute approximate surface area is 196 Å². The lowest BCUT2D eigenvalue weighted by Crippen LogP contribution is -2.47. The molecule has 3 N–H and O–H groups in total. The molecule has 2 atom stereocenters. The van der Waals surface area contributed by atoms with Crippen LogP contribution < -0.4 is 15.4 Å². The summed E-state index contributed by atoms with van der Waals surface area (Å²) in [5.74, 6) is 0. The van der Waals surface area contributed by atoms with Gasteiger partial charge < -0.3 is 15.5 Å². The maximum Gasteiger partial charge on any atom is 0.319 e. The van der Waals surface area contributed by atoms with Crippen molar-refractivity contribution in [2.45, 2.75) is 68.5 Å². The number of sulfonamides is 1. The number of carbonyl (C=O) groups is 1. The third-order valence-corrected chi connectivity index (χ3v) is 8.01. The van der Waals surface area contributed by atoms with Crippen LogP contribution in [0.5, 0.6) is 0 Å². The molecule has 1 aliphatic heterocycles. The lowest BCUT2D eigenvalue weighted by Gasteiger charge is -2.39. The number of rotatable bonds is 7. The molecule has 2 aromatic rings. The van der Waals surface area contributed by atoms with Crippen molar-refractivity contribution in [3.8, 4) is 0 Å². The van der Waals surface area contributed by atoms with Gasteiger partial charge in [-0.25, -0.2) is 17.9 Å². The fourth-order valence-electron chi connectivity index (χ4n) is 4.75. The van der Waals surface area contributed by atoms with Gasteiger partial charge in [-0.3, -0.25) is 4.98 Å². The number of carbonyl (C=O) groups excluding carboxylic acids is 1. The van der Waals surface area contributed by atoms with Gasteiger partial charge in [-0.1, -0.05) is 18.9 Å². The van der Waals surface area contributed by atoms with Crippen molar-refractivity contribution in [2.24, 2.45) is 0 Å². The van der Waals surface area contributed by atoms with Gasteiger partial charge in [0.1, 0.15) is 0 Å². The smallest absolute Gasteiger partial charge is 0.319 e. The first-order chi connectivity index (χ1) is 16.0. The molecule has 0 bridgehead atoms. The van der Waals surface area contributed by atoms with Crippen LogP contribution in [-0.2, 0) is 16.6 Å². The molecule has 2 unspecified atom stereocenters. The standard InChI is InChI=1S/C24H33N5O3S/c30-24(26-18-19-6-5-13-25-17-19)27-20-9-11-23(12-10-20)33(31,32)28-21-7-4-8-22(16-21)29-14-2-1-3-15-29/h5-6,9-13,17,21-22,28H,1-4,7-8,14-16,18H2,(H2,26,27,30). The summed E-state index contributed by atoms with van der Waals surface area (Å²) in [5, 5.41) is 5.48. The van der Waals surface area contributed by atoms with Crippen molar-refractivity contribution in [3.05, 3.63) is 54.4 Å². The Morgan fingerprint density at radius 3 is 2.55 bits per heavy atom. The molecule has 9 heteroatoms. The van der Waals surface area contributed by atoms with Crippen LogP contribution in [0.3, 0.4) is 0 Å². The van der Waals surface area contributed by atoms with Gasteiger partial charge in [0.2, 0.25) is 10.0 Å². The summed E-state index contributed by atoms with van der Waals surface area (Å²) in [6.45, 7) is 2.62. The summed E-state index contributed by atoms with van der Waals surface area (Å²) in [5.41, 5.74) is 1.42. The molecule has 8 nitrogen and oxygen atoms in total. The first-order valence-corrected chi connectivity index (χ1v) is 13.3. The number of nitrogens with zero attached hydrogens (tertiary/aromatic N) is 2. The molecule has 4 rings (SSSR count). The molecule has 33 heavy (non-hydrogen) atoms. The topological polar surface area (TPSA) is 103 Å². The van der Waals surface area contributed by atoms with Gasteiger partial charge in [0.15, 0.2) is 0 Å². The molecule has 0 radical (unpaired) electrons. The largest absolute Gasteiger partial charge is 0.334 e. The summed E-state index contributed by atoms with van der Waals surface area (Å²) in [4.78, 5) is 18.9. The second kappa shape index (κ2) is 11.1.